The summed E-state index contributed by atoms with van der Waals surface area (Å²) in [6.07, 6.45) is 0.338. The molecule has 0 fully saturated rings. The van der Waals surface area contributed by atoms with Gasteiger partial charge in [0.1, 0.15) is 5.52 Å². The van der Waals surface area contributed by atoms with Crippen LogP contribution in [-0.4, -0.2) is 31.8 Å². The summed E-state index contributed by atoms with van der Waals surface area (Å²) in [5, 5.41) is 13.5. The molecule has 6 nitrogen and oxygen atoms in total. The van der Waals surface area contributed by atoms with Gasteiger partial charge in [-0.05, 0) is 30.7 Å². The number of fused-ring (bicyclic) bond motifs is 3. The molecule has 0 atom stereocenters. The van der Waals surface area contributed by atoms with Crippen molar-refractivity contribution in [2.75, 3.05) is 11.1 Å². The van der Waals surface area contributed by atoms with E-state index in [0.29, 0.717) is 28.0 Å². The van der Waals surface area contributed by atoms with Gasteiger partial charge in [0, 0.05) is 33.8 Å². The van der Waals surface area contributed by atoms with E-state index in [1.165, 1.54) is 11.8 Å². The van der Waals surface area contributed by atoms with Crippen molar-refractivity contribution in [2.24, 2.45) is 0 Å². The molecule has 0 aliphatic heterocycles. The van der Waals surface area contributed by atoms with Crippen LogP contribution in [0.5, 0.6) is 0 Å². The molecule has 0 saturated carbocycles. The zero-order chi connectivity index (χ0) is 18.8. The molecule has 0 unspecified atom stereocenters. The fraction of sp³-hybridized carbons (Fsp3) is 0.158. The van der Waals surface area contributed by atoms with Gasteiger partial charge in [-0.2, -0.15) is 0 Å². The number of aromatic amines is 1. The number of anilines is 1. The lowest BCUT2D eigenvalue weighted by molar-refractivity contribution is -0.115. The molecular weight excluding hydrogens is 382 g/mol. The summed E-state index contributed by atoms with van der Waals surface area (Å²) in [6.45, 7) is 1.88. The van der Waals surface area contributed by atoms with Crippen LogP contribution in [0.4, 0.5) is 5.69 Å². The van der Waals surface area contributed by atoms with Gasteiger partial charge in [0.05, 0.1) is 0 Å². The number of aromatic nitrogens is 4. The maximum atomic E-state index is 12.2. The number of para-hydroxylation sites is 1. The third kappa shape index (κ3) is 3.74. The topological polar surface area (TPSA) is 83.6 Å². The van der Waals surface area contributed by atoms with E-state index in [4.69, 9.17) is 11.6 Å². The minimum Gasteiger partial charge on any atom is -0.338 e. The lowest BCUT2D eigenvalue weighted by Crippen LogP contribution is -2.13. The maximum Gasteiger partial charge on any atom is 0.225 e. The second-order valence-corrected chi connectivity index (χ2v) is 7.49. The number of nitrogens with zero attached hydrogens (tertiary/aromatic N) is 3. The Morgan fingerprint density at radius 3 is 2.93 bits per heavy atom. The molecule has 2 aromatic carbocycles. The Morgan fingerprint density at radius 2 is 2.04 bits per heavy atom. The molecule has 1 amide bonds. The lowest BCUT2D eigenvalue weighted by atomic mass is 10.2. The average molecular weight is 398 g/mol. The van der Waals surface area contributed by atoms with Crippen LogP contribution < -0.4 is 5.32 Å². The molecule has 4 rings (SSSR count). The summed E-state index contributed by atoms with van der Waals surface area (Å²) in [5.74, 6) is 0.478. The van der Waals surface area contributed by atoms with Crippen LogP contribution in [0, 0.1) is 6.92 Å². The molecule has 0 saturated heterocycles. The van der Waals surface area contributed by atoms with Crippen molar-refractivity contribution in [1.29, 1.82) is 0 Å². The van der Waals surface area contributed by atoms with E-state index in [9.17, 15) is 4.79 Å². The Morgan fingerprint density at radius 1 is 1.19 bits per heavy atom. The number of hydrogen-bond acceptors (Lipinski definition) is 5. The van der Waals surface area contributed by atoms with Crippen LogP contribution in [0.2, 0.25) is 5.02 Å². The highest BCUT2D eigenvalue weighted by molar-refractivity contribution is 7.99. The summed E-state index contributed by atoms with van der Waals surface area (Å²) in [4.78, 5) is 19.9. The third-order valence-corrected chi connectivity index (χ3v) is 5.45. The van der Waals surface area contributed by atoms with Gasteiger partial charge in [0.2, 0.25) is 11.1 Å². The normalized spacial score (nSPS) is 11.2. The van der Waals surface area contributed by atoms with Gasteiger partial charge >= 0.3 is 0 Å². The Balaban J connectivity index is 1.39. The number of benzene rings is 2. The smallest absolute Gasteiger partial charge is 0.225 e. The van der Waals surface area contributed by atoms with Gasteiger partial charge in [-0.15, -0.1) is 10.2 Å². The summed E-state index contributed by atoms with van der Waals surface area (Å²) in [6, 6.07) is 13.3. The van der Waals surface area contributed by atoms with Crippen LogP contribution >= 0.6 is 23.4 Å². The second-order valence-electron chi connectivity index (χ2n) is 6.02. The summed E-state index contributed by atoms with van der Waals surface area (Å²) < 4.78 is 0. The van der Waals surface area contributed by atoms with Crippen molar-refractivity contribution in [1.82, 2.24) is 20.2 Å². The van der Waals surface area contributed by atoms with Crippen LogP contribution in [0.1, 0.15) is 12.0 Å². The van der Waals surface area contributed by atoms with Gasteiger partial charge in [-0.25, -0.2) is 4.98 Å². The fourth-order valence-electron chi connectivity index (χ4n) is 2.76. The number of rotatable bonds is 5. The van der Waals surface area contributed by atoms with E-state index < -0.39 is 0 Å². The molecule has 0 aliphatic rings. The average Bonchev–Trinajstić information content (AvgIpc) is 3.03. The van der Waals surface area contributed by atoms with Gasteiger partial charge in [0.15, 0.2) is 5.65 Å². The van der Waals surface area contributed by atoms with Crippen molar-refractivity contribution in [3.63, 3.8) is 0 Å². The molecule has 0 radical (unpaired) electrons. The number of halogens is 1. The molecule has 2 heterocycles. The van der Waals surface area contributed by atoms with Gasteiger partial charge in [0.25, 0.3) is 0 Å². The zero-order valence-corrected chi connectivity index (χ0v) is 16.1. The van der Waals surface area contributed by atoms with Crippen molar-refractivity contribution >= 4 is 57.0 Å². The summed E-state index contributed by atoms with van der Waals surface area (Å²) in [5.41, 5.74) is 4.02. The second kappa shape index (κ2) is 7.54. The van der Waals surface area contributed by atoms with Crippen LogP contribution in [0.3, 0.4) is 0 Å². The van der Waals surface area contributed by atoms with Gasteiger partial charge in [-0.3, -0.25) is 4.79 Å². The quantitative estimate of drug-likeness (QED) is 0.481. The monoisotopic (exact) mass is 397 g/mol. The fourth-order valence-corrected chi connectivity index (χ4v) is 3.66. The predicted molar refractivity (Wildman–Crippen MR) is 109 cm³/mol. The predicted octanol–water partition coefficient (Wildman–Crippen LogP) is 4.59. The first kappa shape index (κ1) is 17.8. The van der Waals surface area contributed by atoms with Crippen molar-refractivity contribution in [3.8, 4) is 0 Å². The van der Waals surface area contributed by atoms with E-state index in [0.717, 1.165) is 27.7 Å². The first-order chi connectivity index (χ1) is 13.1. The molecule has 136 valence electrons. The van der Waals surface area contributed by atoms with Gasteiger partial charge in [-0.1, -0.05) is 47.6 Å². The van der Waals surface area contributed by atoms with Gasteiger partial charge < -0.3 is 10.3 Å². The van der Waals surface area contributed by atoms with Crippen molar-refractivity contribution in [2.45, 2.75) is 18.5 Å². The van der Waals surface area contributed by atoms with E-state index in [-0.39, 0.29) is 5.91 Å². The molecule has 27 heavy (non-hydrogen) atoms. The molecule has 2 aromatic heterocycles. The van der Waals surface area contributed by atoms with Crippen molar-refractivity contribution in [3.05, 3.63) is 53.1 Å². The Kier molecular flexibility index (Phi) is 4.96. The molecule has 2 N–H and O–H groups in total. The Labute approximate surface area is 164 Å². The Hall–Kier alpha value is -2.64. The lowest BCUT2D eigenvalue weighted by Gasteiger charge is -2.09. The van der Waals surface area contributed by atoms with E-state index in [1.54, 1.807) is 6.07 Å². The van der Waals surface area contributed by atoms with E-state index in [1.807, 2.05) is 43.3 Å². The minimum absolute atomic E-state index is 0.0764. The number of amides is 1. The first-order valence-electron chi connectivity index (χ1n) is 8.41. The van der Waals surface area contributed by atoms with Crippen LogP contribution in [0.15, 0.2) is 47.6 Å². The number of hydrogen-bond donors (Lipinski definition) is 2. The van der Waals surface area contributed by atoms with Crippen LogP contribution in [-0.2, 0) is 4.79 Å². The highest BCUT2D eigenvalue weighted by Crippen LogP contribution is 2.25. The third-order valence-electron chi connectivity index (χ3n) is 4.20. The molecular formula is C19H16ClN5OS. The number of carbonyl (C=O) groups is 1. The molecule has 4 aromatic rings. The first-order valence-corrected chi connectivity index (χ1v) is 9.77. The maximum absolute atomic E-state index is 12.2. The largest absolute Gasteiger partial charge is 0.338 e. The number of carbonyl (C=O) groups excluding carboxylic acids is 1. The summed E-state index contributed by atoms with van der Waals surface area (Å²) >= 11 is 7.48. The summed E-state index contributed by atoms with van der Waals surface area (Å²) in [7, 11) is 0. The number of thioether (sulfide) groups is 1. The molecule has 0 bridgehead atoms. The highest BCUT2D eigenvalue weighted by Gasteiger charge is 2.10. The molecule has 0 spiro atoms. The molecule has 0 aliphatic carbocycles. The SMILES string of the molecule is Cc1c(Cl)cccc1NC(=O)CCSc1nnc2c(n1)[nH]c1ccccc12. The standard InChI is InChI=1S/C19H16ClN5OS/c1-11-13(20)6-4-8-14(11)21-16(26)9-10-27-19-23-18-17(24-25-19)12-5-2-3-7-15(12)22-18/h2-8H,9-10H2,1H3,(H,21,26)(H,22,23,25). The zero-order valence-electron chi connectivity index (χ0n) is 14.5. The van der Waals surface area contributed by atoms with Crippen molar-refractivity contribution < 1.29 is 4.79 Å². The Bertz CT molecular complexity index is 1140. The van der Waals surface area contributed by atoms with E-state index in [2.05, 4.69) is 25.5 Å². The number of H-pyrrole nitrogens is 1. The van der Waals surface area contributed by atoms with E-state index >= 15 is 0 Å². The molecule has 8 heteroatoms. The van der Waals surface area contributed by atoms with Crippen LogP contribution in [0.25, 0.3) is 22.1 Å². The highest BCUT2D eigenvalue weighted by atomic mass is 35.5. The number of nitrogens with one attached hydrogen (secondary N) is 2. The minimum atomic E-state index is -0.0764.